The molecule has 1 rings (SSSR count). The highest BCUT2D eigenvalue weighted by Gasteiger charge is 2.14. The Kier molecular flexibility index (Phi) is 4.85. The lowest BCUT2D eigenvalue weighted by Crippen LogP contribution is -2.09. The van der Waals surface area contributed by atoms with Crippen LogP contribution in [0, 0.1) is 5.82 Å². The summed E-state index contributed by atoms with van der Waals surface area (Å²) in [4.78, 5) is 15.1. The fourth-order valence-corrected chi connectivity index (χ4v) is 1.36. The van der Waals surface area contributed by atoms with Crippen molar-refractivity contribution < 1.29 is 18.7 Å². The number of hydrogen-bond donors (Lipinski definition) is 0. The summed E-state index contributed by atoms with van der Waals surface area (Å²) in [5.41, 5.74) is 0.712. The number of nitrogens with zero attached hydrogens (tertiary/aromatic N) is 1. The minimum atomic E-state index is -0.549. The predicted octanol–water partition coefficient (Wildman–Crippen LogP) is 1.59. The number of carbonyl (C=O) groups excluding carboxylic acids is 1. The van der Waals surface area contributed by atoms with Gasteiger partial charge in [-0.3, -0.25) is 0 Å². The smallest absolute Gasteiger partial charge is 0.356 e. The van der Waals surface area contributed by atoms with Gasteiger partial charge in [-0.2, -0.15) is 0 Å². The van der Waals surface area contributed by atoms with Crippen LogP contribution in [0.5, 0.6) is 0 Å². The zero-order valence-corrected chi connectivity index (χ0v) is 9.33. The Morgan fingerprint density at radius 1 is 1.50 bits per heavy atom. The van der Waals surface area contributed by atoms with Gasteiger partial charge in [0.15, 0.2) is 5.69 Å². The summed E-state index contributed by atoms with van der Waals surface area (Å²) in [6, 6.07) is 1.30. The van der Waals surface area contributed by atoms with Gasteiger partial charge in [-0.05, 0) is 24.5 Å². The van der Waals surface area contributed by atoms with Gasteiger partial charge in [-0.1, -0.05) is 0 Å². The Balaban J connectivity index is 2.85. The van der Waals surface area contributed by atoms with E-state index < -0.39 is 11.8 Å². The number of ether oxygens (including phenoxy) is 2. The SMILES string of the molecule is COCCCc1cc(F)cnc1C(=O)OC. The van der Waals surface area contributed by atoms with Crippen LogP contribution in [0.1, 0.15) is 22.5 Å². The molecule has 0 aliphatic rings. The van der Waals surface area contributed by atoms with Crippen molar-refractivity contribution in [1.82, 2.24) is 4.98 Å². The van der Waals surface area contributed by atoms with Gasteiger partial charge in [-0.25, -0.2) is 14.2 Å². The molecule has 0 atom stereocenters. The highest BCUT2D eigenvalue weighted by molar-refractivity contribution is 5.88. The molecule has 0 spiro atoms. The summed E-state index contributed by atoms with van der Waals surface area (Å²) in [6.45, 7) is 0.553. The van der Waals surface area contributed by atoms with Gasteiger partial charge in [-0.15, -0.1) is 0 Å². The molecule has 5 heteroatoms. The molecule has 1 heterocycles. The molecule has 0 saturated carbocycles. The van der Waals surface area contributed by atoms with Gasteiger partial charge in [0.1, 0.15) is 5.82 Å². The number of aromatic nitrogens is 1. The van der Waals surface area contributed by atoms with E-state index in [-0.39, 0.29) is 5.69 Å². The van der Waals surface area contributed by atoms with Gasteiger partial charge in [0.25, 0.3) is 0 Å². The van der Waals surface area contributed by atoms with Gasteiger partial charge in [0.2, 0.25) is 0 Å². The molecule has 0 saturated heterocycles. The maximum absolute atomic E-state index is 13.0. The first kappa shape index (κ1) is 12.6. The molecule has 0 amide bonds. The van der Waals surface area contributed by atoms with Crippen molar-refractivity contribution >= 4 is 5.97 Å². The van der Waals surface area contributed by atoms with Crippen LogP contribution in [0.25, 0.3) is 0 Å². The van der Waals surface area contributed by atoms with Crippen molar-refractivity contribution in [3.05, 3.63) is 29.3 Å². The van der Waals surface area contributed by atoms with E-state index in [1.165, 1.54) is 13.2 Å². The molecule has 1 aromatic rings. The molecular formula is C11H14FNO3. The van der Waals surface area contributed by atoms with E-state index in [2.05, 4.69) is 9.72 Å². The van der Waals surface area contributed by atoms with E-state index in [0.29, 0.717) is 25.0 Å². The minimum absolute atomic E-state index is 0.167. The quantitative estimate of drug-likeness (QED) is 0.566. The van der Waals surface area contributed by atoms with E-state index in [1.54, 1.807) is 7.11 Å². The van der Waals surface area contributed by atoms with Gasteiger partial charge in [0, 0.05) is 13.7 Å². The molecule has 16 heavy (non-hydrogen) atoms. The Morgan fingerprint density at radius 2 is 2.25 bits per heavy atom. The number of carbonyl (C=O) groups is 1. The Morgan fingerprint density at radius 3 is 2.88 bits per heavy atom. The summed E-state index contributed by atoms with van der Waals surface area (Å²) < 4.78 is 22.4. The number of aryl methyl sites for hydroxylation is 1. The zero-order chi connectivity index (χ0) is 12.0. The molecule has 0 radical (unpaired) electrons. The van der Waals surface area contributed by atoms with Crippen LogP contribution in [-0.2, 0) is 15.9 Å². The molecule has 0 aliphatic heterocycles. The monoisotopic (exact) mass is 227 g/mol. The number of rotatable bonds is 5. The Bertz CT molecular complexity index is 368. The van der Waals surface area contributed by atoms with Crippen LogP contribution in [0.15, 0.2) is 12.3 Å². The molecule has 4 nitrogen and oxygen atoms in total. The molecular weight excluding hydrogens is 213 g/mol. The van der Waals surface area contributed by atoms with E-state index in [4.69, 9.17) is 4.74 Å². The van der Waals surface area contributed by atoms with E-state index in [0.717, 1.165) is 6.20 Å². The molecule has 0 unspecified atom stereocenters. The van der Waals surface area contributed by atoms with Crippen molar-refractivity contribution in [2.45, 2.75) is 12.8 Å². The fourth-order valence-electron chi connectivity index (χ4n) is 1.36. The lowest BCUT2D eigenvalue weighted by molar-refractivity contribution is 0.0592. The minimum Gasteiger partial charge on any atom is -0.464 e. The van der Waals surface area contributed by atoms with E-state index in [1.807, 2.05) is 0 Å². The van der Waals surface area contributed by atoms with Crippen molar-refractivity contribution in [3.63, 3.8) is 0 Å². The third kappa shape index (κ3) is 3.27. The second-order valence-electron chi connectivity index (χ2n) is 3.25. The number of esters is 1. The average molecular weight is 227 g/mol. The van der Waals surface area contributed by atoms with Crippen LogP contribution < -0.4 is 0 Å². The standard InChI is InChI=1S/C11H14FNO3/c1-15-5-3-4-8-6-9(12)7-13-10(8)11(14)16-2/h6-7H,3-5H2,1-2H3. The molecule has 0 fully saturated rings. The average Bonchev–Trinajstić information content (AvgIpc) is 2.29. The number of hydrogen-bond acceptors (Lipinski definition) is 4. The Labute approximate surface area is 93.4 Å². The fraction of sp³-hybridized carbons (Fsp3) is 0.455. The van der Waals surface area contributed by atoms with Crippen molar-refractivity contribution in [2.75, 3.05) is 20.8 Å². The highest BCUT2D eigenvalue weighted by atomic mass is 19.1. The molecule has 88 valence electrons. The molecule has 0 aliphatic carbocycles. The van der Waals surface area contributed by atoms with Crippen LogP contribution >= 0.6 is 0 Å². The van der Waals surface area contributed by atoms with Crippen molar-refractivity contribution in [3.8, 4) is 0 Å². The maximum Gasteiger partial charge on any atom is 0.356 e. The lowest BCUT2D eigenvalue weighted by atomic mass is 10.1. The van der Waals surface area contributed by atoms with E-state index in [9.17, 15) is 9.18 Å². The number of halogens is 1. The van der Waals surface area contributed by atoms with Crippen LogP contribution in [0.2, 0.25) is 0 Å². The largest absolute Gasteiger partial charge is 0.464 e. The summed E-state index contributed by atoms with van der Waals surface area (Å²) in [5.74, 6) is -1.01. The van der Waals surface area contributed by atoms with Crippen LogP contribution in [0.4, 0.5) is 4.39 Å². The topological polar surface area (TPSA) is 48.4 Å². The highest BCUT2D eigenvalue weighted by Crippen LogP contribution is 2.11. The van der Waals surface area contributed by atoms with Gasteiger partial charge >= 0.3 is 5.97 Å². The first-order chi connectivity index (χ1) is 7.69. The number of methoxy groups -OCH3 is 2. The van der Waals surface area contributed by atoms with E-state index >= 15 is 0 Å². The normalized spacial score (nSPS) is 10.2. The van der Waals surface area contributed by atoms with Gasteiger partial charge in [0.05, 0.1) is 13.3 Å². The third-order valence-electron chi connectivity index (χ3n) is 2.11. The molecule has 1 aromatic heterocycles. The maximum atomic E-state index is 13.0. The molecule has 0 bridgehead atoms. The van der Waals surface area contributed by atoms with Crippen molar-refractivity contribution in [2.24, 2.45) is 0 Å². The van der Waals surface area contributed by atoms with Crippen LogP contribution in [-0.4, -0.2) is 31.8 Å². The summed E-state index contributed by atoms with van der Waals surface area (Å²) >= 11 is 0. The molecule has 0 aromatic carbocycles. The second kappa shape index (κ2) is 6.17. The lowest BCUT2D eigenvalue weighted by Gasteiger charge is -2.06. The Hall–Kier alpha value is -1.49. The summed E-state index contributed by atoms with van der Waals surface area (Å²) in [6.07, 6.45) is 2.24. The predicted molar refractivity (Wildman–Crippen MR) is 55.7 cm³/mol. The van der Waals surface area contributed by atoms with Crippen molar-refractivity contribution in [1.29, 1.82) is 0 Å². The third-order valence-corrected chi connectivity index (χ3v) is 2.11. The first-order valence-corrected chi connectivity index (χ1v) is 4.90. The summed E-state index contributed by atoms with van der Waals surface area (Å²) in [7, 11) is 2.86. The first-order valence-electron chi connectivity index (χ1n) is 4.90. The molecule has 0 N–H and O–H groups in total. The summed E-state index contributed by atoms with van der Waals surface area (Å²) in [5, 5.41) is 0. The second-order valence-corrected chi connectivity index (χ2v) is 3.25. The number of pyridine rings is 1. The zero-order valence-electron chi connectivity index (χ0n) is 9.33. The van der Waals surface area contributed by atoms with Gasteiger partial charge < -0.3 is 9.47 Å². The van der Waals surface area contributed by atoms with Crippen LogP contribution in [0.3, 0.4) is 0 Å².